The first-order valence-corrected chi connectivity index (χ1v) is 11.1. The summed E-state index contributed by atoms with van der Waals surface area (Å²) in [6.07, 6.45) is 1.08. The summed E-state index contributed by atoms with van der Waals surface area (Å²) in [5, 5.41) is 2.82. The Hall–Kier alpha value is -2.58. The molecule has 0 saturated heterocycles. The molecule has 0 heterocycles. The zero-order valence-electron chi connectivity index (χ0n) is 17.4. The second-order valence-corrected chi connectivity index (χ2v) is 9.00. The van der Waals surface area contributed by atoms with Gasteiger partial charge in [0.15, 0.2) is 11.5 Å². The molecule has 1 atom stereocenters. The van der Waals surface area contributed by atoms with Crippen LogP contribution in [0.5, 0.6) is 11.5 Å². The highest BCUT2D eigenvalue weighted by Gasteiger charge is 2.30. The fraction of sp³-hybridized carbons (Fsp3) is 0.381. The molecular formula is C21H28N2O5S. The van der Waals surface area contributed by atoms with Crippen LogP contribution in [0.15, 0.2) is 48.5 Å². The summed E-state index contributed by atoms with van der Waals surface area (Å²) in [6.45, 7) is 4.07. The van der Waals surface area contributed by atoms with Gasteiger partial charge in [-0.2, -0.15) is 4.31 Å². The van der Waals surface area contributed by atoms with E-state index in [-0.39, 0.29) is 12.6 Å². The number of rotatable bonds is 9. The number of hydrogen-bond acceptors (Lipinski definition) is 5. The van der Waals surface area contributed by atoms with Crippen molar-refractivity contribution in [2.75, 3.05) is 20.4 Å². The van der Waals surface area contributed by atoms with Crippen molar-refractivity contribution in [2.24, 2.45) is 0 Å². The van der Waals surface area contributed by atoms with Gasteiger partial charge in [-0.15, -0.1) is 0 Å². The van der Waals surface area contributed by atoms with Gasteiger partial charge in [-0.3, -0.25) is 4.79 Å². The maximum Gasteiger partial charge on any atom is 0.243 e. The predicted octanol–water partition coefficient (Wildman–Crippen LogP) is 2.73. The SMILES string of the molecule is COc1cc(CNC(=O)[C@H](c2ccccc2)N(C)S(C)(=O)=O)ccc1OC(C)C. The fourth-order valence-corrected chi connectivity index (χ4v) is 3.41. The van der Waals surface area contributed by atoms with E-state index in [4.69, 9.17) is 9.47 Å². The Balaban J connectivity index is 2.20. The highest BCUT2D eigenvalue weighted by molar-refractivity contribution is 7.88. The molecule has 158 valence electrons. The molecule has 0 aliphatic carbocycles. The number of ether oxygens (including phenoxy) is 2. The van der Waals surface area contributed by atoms with E-state index in [0.29, 0.717) is 17.1 Å². The number of hydrogen-bond donors (Lipinski definition) is 1. The molecule has 0 unspecified atom stereocenters. The largest absolute Gasteiger partial charge is 0.493 e. The normalized spacial score (nSPS) is 12.7. The standard InChI is InChI=1S/C21H28N2O5S/c1-15(2)28-18-12-11-16(13-19(18)27-4)14-22-21(24)20(23(3)29(5,25)26)17-9-7-6-8-10-17/h6-13,15,20H,14H2,1-5H3,(H,22,24)/t20-/m0/s1. The molecule has 7 nitrogen and oxygen atoms in total. The van der Waals surface area contributed by atoms with Crippen LogP contribution >= 0.6 is 0 Å². The van der Waals surface area contributed by atoms with E-state index in [1.165, 1.54) is 7.05 Å². The van der Waals surface area contributed by atoms with Crippen LogP contribution in [-0.4, -0.2) is 45.1 Å². The molecule has 0 spiro atoms. The van der Waals surface area contributed by atoms with Crippen molar-refractivity contribution in [2.45, 2.75) is 32.5 Å². The van der Waals surface area contributed by atoms with Crippen molar-refractivity contribution in [1.29, 1.82) is 0 Å². The third-order valence-corrected chi connectivity index (χ3v) is 5.56. The van der Waals surface area contributed by atoms with Crippen molar-refractivity contribution in [3.8, 4) is 11.5 Å². The molecule has 0 saturated carbocycles. The van der Waals surface area contributed by atoms with Crippen molar-refractivity contribution >= 4 is 15.9 Å². The molecule has 8 heteroatoms. The van der Waals surface area contributed by atoms with Crippen LogP contribution in [0.1, 0.15) is 31.0 Å². The minimum Gasteiger partial charge on any atom is -0.493 e. The second kappa shape index (κ2) is 9.76. The van der Waals surface area contributed by atoms with Crippen molar-refractivity contribution in [1.82, 2.24) is 9.62 Å². The lowest BCUT2D eigenvalue weighted by atomic mass is 10.1. The number of nitrogens with zero attached hydrogens (tertiary/aromatic N) is 1. The maximum atomic E-state index is 12.9. The topological polar surface area (TPSA) is 84.9 Å². The van der Waals surface area contributed by atoms with E-state index < -0.39 is 22.0 Å². The number of likely N-dealkylation sites (N-methyl/N-ethyl adjacent to an activating group) is 1. The quantitative estimate of drug-likeness (QED) is 0.674. The minimum absolute atomic E-state index is 0.00705. The van der Waals surface area contributed by atoms with Gasteiger partial charge < -0.3 is 14.8 Å². The Morgan fingerprint density at radius 3 is 2.31 bits per heavy atom. The van der Waals surface area contributed by atoms with Gasteiger partial charge in [-0.05, 0) is 37.1 Å². The lowest BCUT2D eigenvalue weighted by molar-refractivity contribution is -0.124. The highest BCUT2D eigenvalue weighted by atomic mass is 32.2. The monoisotopic (exact) mass is 420 g/mol. The minimum atomic E-state index is -3.57. The van der Waals surface area contributed by atoms with Crippen molar-refractivity contribution < 1.29 is 22.7 Å². The fourth-order valence-electron chi connectivity index (χ4n) is 2.81. The zero-order chi connectivity index (χ0) is 21.6. The Kier molecular flexibility index (Phi) is 7.64. The van der Waals surface area contributed by atoms with Gasteiger partial charge in [-0.25, -0.2) is 8.42 Å². The second-order valence-electron chi connectivity index (χ2n) is 6.96. The summed E-state index contributed by atoms with van der Waals surface area (Å²) >= 11 is 0. The van der Waals surface area contributed by atoms with E-state index >= 15 is 0 Å². The Morgan fingerprint density at radius 2 is 1.76 bits per heavy atom. The van der Waals surface area contributed by atoms with Gasteiger partial charge in [0.1, 0.15) is 6.04 Å². The van der Waals surface area contributed by atoms with E-state index in [9.17, 15) is 13.2 Å². The van der Waals surface area contributed by atoms with Gasteiger partial charge in [0.25, 0.3) is 0 Å². The molecular weight excluding hydrogens is 392 g/mol. The van der Waals surface area contributed by atoms with Gasteiger partial charge in [0, 0.05) is 13.6 Å². The number of sulfonamides is 1. The molecule has 2 aromatic rings. The number of carbonyl (C=O) groups is 1. The third kappa shape index (κ3) is 6.20. The molecule has 0 aromatic heterocycles. The van der Waals surface area contributed by atoms with E-state index in [1.807, 2.05) is 26.0 Å². The number of benzene rings is 2. The lowest BCUT2D eigenvalue weighted by Gasteiger charge is -2.25. The van der Waals surface area contributed by atoms with Crippen LogP contribution in [0.25, 0.3) is 0 Å². The average molecular weight is 421 g/mol. The van der Waals surface area contributed by atoms with E-state index in [1.54, 1.807) is 43.5 Å². The number of amides is 1. The van der Waals surface area contributed by atoms with Gasteiger partial charge in [0.2, 0.25) is 15.9 Å². The number of carbonyl (C=O) groups excluding carboxylic acids is 1. The predicted molar refractivity (Wildman–Crippen MR) is 112 cm³/mol. The first-order chi connectivity index (χ1) is 13.6. The summed E-state index contributed by atoms with van der Waals surface area (Å²) in [5.74, 6) is 0.778. The molecule has 0 aliphatic heterocycles. The molecule has 29 heavy (non-hydrogen) atoms. The average Bonchev–Trinajstić information content (AvgIpc) is 2.67. The van der Waals surface area contributed by atoms with Crippen LogP contribution in [0, 0.1) is 0 Å². The summed E-state index contributed by atoms with van der Waals surface area (Å²) in [5.41, 5.74) is 1.40. The molecule has 0 aliphatic rings. The zero-order valence-corrected chi connectivity index (χ0v) is 18.2. The van der Waals surface area contributed by atoms with Gasteiger partial charge in [0.05, 0.1) is 19.5 Å². The Morgan fingerprint density at radius 1 is 1.10 bits per heavy atom. The van der Waals surface area contributed by atoms with Crippen LogP contribution in [0.2, 0.25) is 0 Å². The third-order valence-electron chi connectivity index (χ3n) is 4.31. The Labute approximate surface area is 172 Å². The van der Waals surface area contributed by atoms with Crippen LogP contribution in [0.4, 0.5) is 0 Å². The Bertz CT molecular complexity index is 929. The van der Waals surface area contributed by atoms with Crippen molar-refractivity contribution in [3.05, 3.63) is 59.7 Å². The molecule has 0 radical (unpaired) electrons. The first-order valence-electron chi connectivity index (χ1n) is 9.22. The van der Waals surface area contributed by atoms with E-state index in [0.717, 1.165) is 16.1 Å². The first kappa shape index (κ1) is 22.7. The summed E-state index contributed by atoms with van der Waals surface area (Å²) in [7, 11) is -0.621. The number of methoxy groups -OCH3 is 1. The molecule has 1 amide bonds. The summed E-state index contributed by atoms with van der Waals surface area (Å²) in [6, 6.07) is 13.3. The highest BCUT2D eigenvalue weighted by Crippen LogP contribution is 2.29. The van der Waals surface area contributed by atoms with Crippen LogP contribution in [0.3, 0.4) is 0 Å². The maximum absolute atomic E-state index is 12.9. The van der Waals surface area contributed by atoms with Crippen LogP contribution < -0.4 is 14.8 Å². The number of nitrogens with one attached hydrogen (secondary N) is 1. The van der Waals surface area contributed by atoms with Gasteiger partial charge in [-0.1, -0.05) is 36.4 Å². The molecule has 0 bridgehead atoms. The van der Waals surface area contributed by atoms with E-state index in [2.05, 4.69) is 5.32 Å². The molecule has 2 rings (SSSR count). The molecule has 1 N–H and O–H groups in total. The van der Waals surface area contributed by atoms with Crippen molar-refractivity contribution in [3.63, 3.8) is 0 Å². The lowest BCUT2D eigenvalue weighted by Crippen LogP contribution is -2.41. The van der Waals surface area contributed by atoms with Gasteiger partial charge >= 0.3 is 0 Å². The smallest absolute Gasteiger partial charge is 0.243 e. The molecule has 0 fully saturated rings. The van der Waals surface area contributed by atoms with Crippen LogP contribution in [-0.2, 0) is 21.4 Å². The summed E-state index contributed by atoms with van der Waals surface area (Å²) in [4.78, 5) is 12.9. The molecule has 2 aromatic carbocycles. The summed E-state index contributed by atoms with van der Waals surface area (Å²) < 4.78 is 36.2.